The van der Waals surface area contributed by atoms with Crippen LogP contribution >= 0.6 is 0 Å². The van der Waals surface area contributed by atoms with Gasteiger partial charge in [0, 0.05) is 24.5 Å². The molecule has 1 saturated carbocycles. The number of hydrogen-bond donors (Lipinski definition) is 3. The molecule has 3 N–H and O–H groups in total. The zero-order chi connectivity index (χ0) is 15.4. The summed E-state index contributed by atoms with van der Waals surface area (Å²) in [7, 11) is 0. The Bertz CT molecular complexity index is 667. The molecule has 2 aromatic rings. The number of nitrogens with one attached hydrogen (secondary N) is 3. The molecule has 0 spiro atoms. The van der Waals surface area contributed by atoms with Gasteiger partial charge in [-0.05, 0) is 55.2 Å². The maximum Gasteiger partial charge on any atom is 0.319 e. The second-order valence-corrected chi connectivity index (χ2v) is 5.65. The van der Waals surface area contributed by atoms with Crippen LogP contribution in [-0.2, 0) is 6.54 Å². The minimum Gasteiger partial charge on any atom is -0.367 e. The maximum atomic E-state index is 11.9. The van der Waals surface area contributed by atoms with Gasteiger partial charge in [0.15, 0.2) is 0 Å². The van der Waals surface area contributed by atoms with Crippen LogP contribution in [-0.4, -0.2) is 17.1 Å². The molecule has 5 heteroatoms. The van der Waals surface area contributed by atoms with Crippen molar-refractivity contribution in [3.8, 4) is 0 Å². The summed E-state index contributed by atoms with van der Waals surface area (Å²) in [6, 6.07) is 12.0. The third kappa shape index (κ3) is 4.22. The number of amides is 2. The van der Waals surface area contributed by atoms with Gasteiger partial charge in [-0.2, -0.15) is 0 Å². The molecule has 1 fully saturated rings. The molecule has 1 heterocycles. The molecule has 2 amide bonds. The SMILES string of the molecule is Cc1cccc(NC(=O)NCc2ccnc(NC3CC3)c2)c1. The molecule has 0 unspecified atom stereocenters. The fraction of sp³-hybridized carbons (Fsp3) is 0.294. The number of rotatable bonds is 5. The van der Waals surface area contributed by atoms with Crippen molar-refractivity contribution in [2.45, 2.75) is 32.4 Å². The summed E-state index contributed by atoms with van der Waals surface area (Å²) in [6.07, 6.45) is 4.19. The van der Waals surface area contributed by atoms with Gasteiger partial charge in [-0.1, -0.05) is 12.1 Å². The second-order valence-electron chi connectivity index (χ2n) is 5.65. The Morgan fingerprint density at radius 1 is 1.27 bits per heavy atom. The highest BCUT2D eigenvalue weighted by atomic mass is 16.2. The van der Waals surface area contributed by atoms with Gasteiger partial charge in [0.2, 0.25) is 0 Å². The zero-order valence-electron chi connectivity index (χ0n) is 12.6. The molecule has 3 rings (SSSR count). The van der Waals surface area contributed by atoms with Gasteiger partial charge in [-0.3, -0.25) is 0 Å². The fourth-order valence-electron chi connectivity index (χ4n) is 2.18. The van der Waals surface area contributed by atoms with Crippen molar-refractivity contribution in [2.75, 3.05) is 10.6 Å². The number of aryl methyl sites for hydroxylation is 1. The molecule has 5 nitrogen and oxygen atoms in total. The number of carbonyl (C=O) groups is 1. The van der Waals surface area contributed by atoms with Crippen LogP contribution in [0, 0.1) is 6.92 Å². The molecular weight excluding hydrogens is 276 g/mol. The summed E-state index contributed by atoms with van der Waals surface area (Å²) in [5.41, 5.74) is 2.93. The Balaban J connectivity index is 1.52. The predicted molar refractivity (Wildman–Crippen MR) is 87.9 cm³/mol. The molecule has 22 heavy (non-hydrogen) atoms. The molecule has 1 aromatic carbocycles. The summed E-state index contributed by atoms with van der Waals surface area (Å²) in [5, 5.41) is 9.04. The van der Waals surface area contributed by atoms with Crippen LogP contribution in [0.2, 0.25) is 0 Å². The summed E-state index contributed by atoms with van der Waals surface area (Å²) in [5.74, 6) is 0.876. The number of nitrogens with zero attached hydrogens (tertiary/aromatic N) is 1. The van der Waals surface area contributed by atoms with E-state index >= 15 is 0 Å². The van der Waals surface area contributed by atoms with E-state index in [1.807, 2.05) is 43.3 Å². The largest absolute Gasteiger partial charge is 0.367 e. The highest BCUT2D eigenvalue weighted by Crippen LogP contribution is 2.23. The molecule has 0 bridgehead atoms. The van der Waals surface area contributed by atoms with Crippen LogP contribution < -0.4 is 16.0 Å². The number of carbonyl (C=O) groups excluding carboxylic acids is 1. The molecular formula is C17H20N4O. The first kappa shape index (κ1) is 14.4. The molecule has 1 aromatic heterocycles. The first-order valence-electron chi connectivity index (χ1n) is 7.52. The minimum atomic E-state index is -0.209. The lowest BCUT2D eigenvalue weighted by Crippen LogP contribution is -2.28. The molecule has 1 aliphatic carbocycles. The van der Waals surface area contributed by atoms with E-state index in [4.69, 9.17) is 0 Å². The van der Waals surface area contributed by atoms with E-state index in [0.717, 1.165) is 22.6 Å². The van der Waals surface area contributed by atoms with Gasteiger partial charge < -0.3 is 16.0 Å². The van der Waals surface area contributed by atoms with E-state index in [0.29, 0.717) is 12.6 Å². The number of hydrogen-bond acceptors (Lipinski definition) is 3. The first-order chi connectivity index (χ1) is 10.7. The molecule has 0 aliphatic heterocycles. The normalized spacial score (nSPS) is 13.5. The molecule has 114 valence electrons. The van der Waals surface area contributed by atoms with Crippen molar-refractivity contribution < 1.29 is 4.79 Å². The topological polar surface area (TPSA) is 66.0 Å². The number of aromatic nitrogens is 1. The maximum absolute atomic E-state index is 11.9. The van der Waals surface area contributed by atoms with Crippen molar-refractivity contribution in [1.82, 2.24) is 10.3 Å². The predicted octanol–water partition coefficient (Wildman–Crippen LogP) is 3.29. The van der Waals surface area contributed by atoms with Crippen molar-refractivity contribution >= 4 is 17.5 Å². The number of pyridine rings is 1. The van der Waals surface area contributed by atoms with Crippen LogP contribution in [0.15, 0.2) is 42.6 Å². The lowest BCUT2D eigenvalue weighted by atomic mass is 10.2. The van der Waals surface area contributed by atoms with Crippen LogP contribution in [0.5, 0.6) is 0 Å². The third-order valence-corrected chi connectivity index (χ3v) is 3.48. The lowest BCUT2D eigenvalue weighted by molar-refractivity contribution is 0.251. The van der Waals surface area contributed by atoms with Gasteiger partial charge in [-0.25, -0.2) is 9.78 Å². The van der Waals surface area contributed by atoms with Gasteiger partial charge in [0.1, 0.15) is 5.82 Å². The Kier molecular flexibility index (Phi) is 4.23. The number of anilines is 2. The van der Waals surface area contributed by atoms with E-state index in [1.54, 1.807) is 6.20 Å². The average molecular weight is 296 g/mol. The summed E-state index contributed by atoms with van der Waals surface area (Å²) in [6.45, 7) is 2.47. The van der Waals surface area contributed by atoms with Crippen molar-refractivity contribution in [3.63, 3.8) is 0 Å². The smallest absolute Gasteiger partial charge is 0.319 e. The highest BCUT2D eigenvalue weighted by Gasteiger charge is 2.21. The average Bonchev–Trinajstić information content (AvgIpc) is 3.30. The Morgan fingerprint density at radius 3 is 2.91 bits per heavy atom. The lowest BCUT2D eigenvalue weighted by Gasteiger charge is -2.09. The van der Waals surface area contributed by atoms with Crippen molar-refractivity contribution in [3.05, 3.63) is 53.7 Å². The molecule has 0 atom stereocenters. The van der Waals surface area contributed by atoms with Crippen LogP contribution in [0.25, 0.3) is 0 Å². The van der Waals surface area contributed by atoms with E-state index in [1.165, 1.54) is 12.8 Å². The Labute approximate surface area is 130 Å². The van der Waals surface area contributed by atoms with Gasteiger partial charge >= 0.3 is 6.03 Å². The molecule has 0 saturated heterocycles. The van der Waals surface area contributed by atoms with Crippen LogP contribution in [0.4, 0.5) is 16.3 Å². The van der Waals surface area contributed by atoms with Gasteiger partial charge in [0.25, 0.3) is 0 Å². The van der Waals surface area contributed by atoms with E-state index in [9.17, 15) is 4.79 Å². The number of benzene rings is 1. The van der Waals surface area contributed by atoms with E-state index in [-0.39, 0.29) is 6.03 Å². The molecule has 0 radical (unpaired) electrons. The van der Waals surface area contributed by atoms with Gasteiger partial charge in [-0.15, -0.1) is 0 Å². The summed E-state index contributed by atoms with van der Waals surface area (Å²) >= 11 is 0. The second kappa shape index (κ2) is 6.47. The monoisotopic (exact) mass is 296 g/mol. The van der Waals surface area contributed by atoms with Crippen molar-refractivity contribution in [2.24, 2.45) is 0 Å². The standard InChI is InChI=1S/C17H20N4O/c1-12-3-2-4-15(9-12)21-17(22)19-11-13-7-8-18-16(10-13)20-14-5-6-14/h2-4,7-10,14H,5-6,11H2,1H3,(H,18,20)(H2,19,21,22). The van der Waals surface area contributed by atoms with Crippen molar-refractivity contribution in [1.29, 1.82) is 0 Å². The summed E-state index contributed by atoms with van der Waals surface area (Å²) in [4.78, 5) is 16.2. The third-order valence-electron chi connectivity index (χ3n) is 3.48. The molecule has 1 aliphatic rings. The minimum absolute atomic E-state index is 0.209. The highest BCUT2D eigenvalue weighted by molar-refractivity contribution is 5.89. The summed E-state index contributed by atoms with van der Waals surface area (Å²) < 4.78 is 0. The fourth-order valence-corrected chi connectivity index (χ4v) is 2.18. The van der Waals surface area contributed by atoms with E-state index in [2.05, 4.69) is 20.9 Å². The quantitative estimate of drug-likeness (QED) is 0.793. The zero-order valence-corrected chi connectivity index (χ0v) is 12.6. The van der Waals surface area contributed by atoms with E-state index < -0.39 is 0 Å². The van der Waals surface area contributed by atoms with Crippen LogP contribution in [0.1, 0.15) is 24.0 Å². The Hall–Kier alpha value is -2.56. The Morgan fingerprint density at radius 2 is 2.14 bits per heavy atom. The van der Waals surface area contributed by atoms with Gasteiger partial charge in [0.05, 0.1) is 0 Å². The van der Waals surface area contributed by atoms with Crippen LogP contribution in [0.3, 0.4) is 0 Å². The first-order valence-corrected chi connectivity index (χ1v) is 7.52. The number of urea groups is 1.